The van der Waals surface area contributed by atoms with Gasteiger partial charge in [-0.2, -0.15) is 0 Å². The van der Waals surface area contributed by atoms with Crippen molar-refractivity contribution in [3.63, 3.8) is 0 Å². The van der Waals surface area contributed by atoms with E-state index in [1.54, 1.807) is 16.8 Å². The van der Waals surface area contributed by atoms with E-state index < -0.39 is 0 Å². The van der Waals surface area contributed by atoms with Crippen molar-refractivity contribution in [1.82, 2.24) is 4.98 Å². The van der Waals surface area contributed by atoms with Crippen LogP contribution in [0.4, 0.5) is 11.4 Å². The van der Waals surface area contributed by atoms with Crippen molar-refractivity contribution in [2.24, 2.45) is 0 Å². The molecule has 0 aliphatic carbocycles. The highest BCUT2D eigenvalue weighted by molar-refractivity contribution is 8.00. The second-order valence-electron chi connectivity index (χ2n) is 5.29. The number of fused-ring (bicyclic) bond motifs is 1. The largest absolute Gasteiger partial charge is 0.328 e. The lowest BCUT2D eigenvalue weighted by Gasteiger charge is -2.26. The van der Waals surface area contributed by atoms with Gasteiger partial charge in [-0.15, -0.1) is 0 Å². The van der Waals surface area contributed by atoms with Crippen molar-refractivity contribution in [2.75, 3.05) is 22.4 Å². The summed E-state index contributed by atoms with van der Waals surface area (Å²) >= 11 is 1.65. The van der Waals surface area contributed by atoms with Crippen molar-refractivity contribution in [2.45, 2.75) is 19.8 Å². The van der Waals surface area contributed by atoms with Crippen LogP contribution in [0.1, 0.15) is 18.9 Å². The van der Waals surface area contributed by atoms with E-state index in [0.29, 0.717) is 6.42 Å². The van der Waals surface area contributed by atoms with Crippen molar-refractivity contribution in [3.8, 4) is 11.1 Å². The number of hydrogen-bond acceptors (Lipinski definition) is 4. The van der Waals surface area contributed by atoms with Crippen molar-refractivity contribution in [3.05, 3.63) is 42.2 Å². The lowest BCUT2D eigenvalue weighted by atomic mass is 9.97. The van der Waals surface area contributed by atoms with Crippen LogP contribution in [0.5, 0.6) is 0 Å². The third kappa shape index (κ3) is 2.95. The molecule has 1 amide bonds. The Bertz CT molecular complexity index is 702. The number of carbonyl (C=O) groups excluding carboxylic acids is 1. The molecule has 0 unspecified atom stereocenters. The van der Waals surface area contributed by atoms with Gasteiger partial charge in [0.25, 0.3) is 0 Å². The molecule has 1 aromatic heterocycles. The summed E-state index contributed by atoms with van der Waals surface area (Å²) in [6.45, 7) is 2.11. The summed E-state index contributed by atoms with van der Waals surface area (Å²) in [6, 6.07) is 8.37. The maximum Gasteiger partial charge on any atom is 0.227 e. The Balaban J connectivity index is 1.91. The average Bonchev–Trinajstić information content (AvgIpc) is 2.56. The van der Waals surface area contributed by atoms with E-state index >= 15 is 0 Å². The molecule has 22 heavy (non-hydrogen) atoms. The number of amides is 1. The van der Waals surface area contributed by atoms with Crippen LogP contribution in [0.2, 0.25) is 0 Å². The topological polar surface area (TPSA) is 45.2 Å². The Labute approximate surface area is 135 Å². The molecule has 0 fully saturated rings. The highest BCUT2D eigenvalue weighted by atomic mass is 32.2. The summed E-state index contributed by atoms with van der Waals surface area (Å²) in [5.74, 6) is 1.19. The summed E-state index contributed by atoms with van der Waals surface area (Å²) in [4.78, 5) is 17.8. The third-order valence-electron chi connectivity index (χ3n) is 3.83. The lowest BCUT2D eigenvalue weighted by molar-refractivity contribution is -0.118. The first-order valence-electron chi connectivity index (χ1n) is 7.41. The Morgan fingerprint density at radius 1 is 1.23 bits per heavy atom. The van der Waals surface area contributed by atoms with Crippen LogP contribution in [-0.4, -0.2) is 23.7 Å². The zero-order chi connectivity index (χ0) is 15.5. The van der Waals surface area contributed by atoms with Gasteiger partial charge >= 0.3 is 0 Å². The van der Waals surface area contributed by atoms with E-state index in [1.807, 2.05) is 25.5 Å². The van der Waals surface area contributed by atoms with Gasteiger partial charge in [0.2, 0.25) is 5.91 Å². The Morgan fingerprint density at radius 3 is 2.91 bits per heavy atom. The molecule has 0 saturated heterocycles. The molecule has 1 aromatic carbocycles. The Kier molecular flexibility index (Phi) is 4.34. The fourth-order valence-electron chi connectivity index (χ4n) is 2.65. The van der Waals surface area contributed by atoms with Gasteiger partial charge in [0.15, 0.2) is 0 Å². The van der Waals surface area contributed by atoms with Crippen LogP contribution in [0.15, 0.2) is 36.7 Å². The SMILES string of the molecule is CCSNc1cncc(-c2ccc3c(c2)CCC(=O)N3C)c1. The molecule has 0 bridgehead atoms. The molecule has 0 atom stereocenters. The predicted molar refractivity (Wildman–Crippen MR) is 93.2 cm³/mol. The first-order valence-corrected chi connectivity index (χ1v) is 8.40. The van der Waals surface area contributed by atoms with Crippen LogP contribution >= 0.6 is 11.9 Å². The molecule has 3 rings (SSSR count). The van der Waals surface area contributed by atoms with Gasteiger partial charge in [-0.25, -0.2) is 0 Å². The van der Waals surface area contributed by atoms with Gasteiger partial charge in [-0.05, 0) is 35.7 Å². The number of aryl methyl sites for hydroxylation is 1. The number of aromatic nitrogens is 1. The number of nitrogens with one attached hydrogen (secondary N) is 1. The highest BCUT2D eigenvalue weighted by Gasteiger charge is 2.20. The van der Waals surface area contributed by atoms with E-state index in [2.05, 4.69) is 34.8 Å². The fourth-order valence-corrected chi connectivity index (χ4v) is 3.07. The molecule has 4 nitrogen and oxygen atoms in total. The number of nitrogens with zero attached hydrogens (tertiary/aromatic N) is 2. The normalized spacial score (nSPS) is 13.9. The van der Waals surface area contributed by atoms with E-state index in [9.17, 15) is 4.79 Å². The molecule has 2 heterocycles. The molecular weight excluding hydrogens is 294 g/mol. The maximum absolute atomic E-state index is 11.8. The van der Waals surface area contributed by atoms with Crippen molar-refractivity contribution >= 4 is 29.2 Å². The molecule has 1 aliphatic heterocycles. The first kappa shape index (κ1) is 14.9. The summed E-state index contributed by atoms with van der Waals surface area (Å²) in [5, 5.41) is 0. The molecule has 1 aliphatic rings. The third-order valence-corrected chi connectivity index (χ3v) is 4.50. The van der Waals surface area contributed by atoms with E-state index in [1.165, 1.54) is 5.56 Å². The predicted octanol–water partition coefficient (Wildman–Crippen LogP) is 3.74. The van der Waals surface area contributed by atoms with E-state index in [-0.39, 0.29) is 5.91 Å². The fraction of sp³-hybridized carbons (Fsp3) is 0.294. The van der Waals surface area contributed by atoms with Gasteiger partial charge in [0.05, 0.1) is 11.9 Å². The molecule has 0 radical (unpaired) electrons. The minimum atomic E-state index is 0.185. The van der Waals surface area contributed by atoms with Gasteiger partial charge in [0.1, 0.15) is 0 Å². The van der Waals surface area contributed by atoms with Crippen LogP contribution in [0.25, 0.3) is 11.1 Å². The number of anilines is 2. The zero-order valence-electron chi connectivity index (χ0n) is 12.8. The number of rotatable bonds is 4. The second-order valence-corrected chi connectivity index (χ2v) is 6.36. The minimum absolute atomic E-state index is 0.185. The summed E-state index contributed by atoms with van der Waals surface area (Å²) in [6.07, 6.45) is 5.10. The summed E-state index contributed by atoms with van der Waals surface area (Å²) < 4.78 is 3.28. The molecule has 1 N–H and O–H groups in total. The molecular formula is C17H19N3OS. The lowest BCUT2D eigenvalue weighted by Crippen LogP contribution is -2.30. The quantitative estimate of drug-likeness (QED) is 0.874. The number of pyridine rings is 1. The molecule has 5 heteroatoms. The monoisotopic (exact) mass is 313 g/mol. The van der Waals surface area contributed by atoms with Crippen LogP contribution in [-0.2, 0) is 11.2 Å². The molecule has 0 saturated carbocycles. The van der Waals surface area contributed by atoms with Gasteiger partial charge in [-0.3, -0.25) is 9.78 Å². The number of carbonyl (C=O) groups is 1. The van der Waals surface area contributed by atoms with Gasteiger partial charge < -0.3 is 9.62 Å². The average molecular weight is 313 g/mol. The van der Waals surface area contributed by atoms with E-state index in [4.69, 9.17) is 0 Å². The first-order chi connectivity index (χ1) is 10.7. The van der Waals surface area contributed by atoms with E-state index in [0.717, 1.165) is 34.7 Å². The van der Waals surface area contributed by atoms with Crippen LogP contribution < -0.4 is 9.62 Å². The zero-order valence-corrected chi connectivity index (χ0v) is 13.6. The van der Waals surface area contributed by atoms with Crippen LogP contribution in [0, 0.1) is 0 Å². The smallest absolute Gasteiger partial charge is 0.227 e. The summed E-state index contributed by atoms with van der Waals surface area (Å²) in [7, 11) is 1.84. The Morgan fingerprint density at radius 2 is 2.09 bits per heavy atom. The van der Waals surface area contributed by atoms with Gasteiger partial charge in [-0.1, -0.05) is 24.9 Å². The maximum atomic E-state index is 11.8. The van der Waals surface area contributed by atoms with Gasteiger partial charge in [0, 0.05) is 36.7 Å². The molecule has 114 valence electrons. The van der Waals surface area contributed by atoms with Crippen molar-refractivity contribution < 1.29 is 4.79 Å². The van der Waals surface area contributed by atoms with Crippen molar-refractivity contribution in [1.29, 1.82) is 0 Å². The highest BCUT2D eigenvalue weighted by Crippen LogP contribution is 2.32. The standard InChI is InChI=1S/C17H19N3OS/c1-3-22-19-15-9-14(10-18-11-15)12-4-6-16-13(8-12)5-7-17(21)20(16)2/h4,6,8-11,19H,3,5,7H2,1-2H3. The van der Waals surface area contributed by atoms with Crippen LogP contribution in [0.3, 0.4) is 0 Å². The molecule has 2 aromatic rings. The Hall–Kier alpha value is -2.01. The summed E-state index contributed by atoms with van der Waals surface area (Å²) in [5.41, 5.74) is 5.47. The number of benzene rings is 1. The second kappa shape index (κ2) is 6.40. The molecule has 0 spiro atoms. The number of hydrogen-bond donors (Lipinski definition) is 1. The minimum Gasteiger partial charge on any atom is -0.328 e.